The van der Waals surface area contributed by atoms with Crippen molar-refractivity contribution in [3.8, 4) is 10.6 Å². The Bertz CT molecular complexity index is 405. The third-order valence-electron chi connectivity index (χ3n) is 1.74. The SMILES string of the molecule is Cc1ccc(-c2nc(N)ns2)cc1. The Labute approximate surface area is 80.4 Å². The first kappa shape index (κ1) is 8.19. The van der Waals surface area contributed by atoms with Gasteiger partial charge < -0.3 is 5.73 Å². The molecule has 1 aromatic carbocycles. The maximum Gasteiger partial charge on any atom is 0.232 e. The Morgan fingerprint density at radius 3 is 2.46 bits per heavy atom. The molecule has 2 aromatic rings. The lowest BCUT2D eigenvalue weighted by atomic mass is 10.2. The van der Waals surface area contributed by atoms with Gasteiger partial charge in [-0.3, -0.25) is 0 Å². The first-order valence-electron chi connectivity index (χ1n) is 3.92. The molecule has 13 heavy (non-hydrogen) atoms. The number of aryl methyl sites for hydroxylation is 1. The fourth-order valence-corrected chi connectivity index (χ4v) is 1.64. The average molecular weight is 191 g/mol. The van der Waals surface area contributed by atoms with Gasteiger partial charge in [0.25, 0.3) is 0 Å². The molecule has 0 bridgehead atoms. The summed E-state index contributed by atoms with van der Waals surface area (Å²) in [5.41, 5.74) is 7.74. The molecule has 0 radical (unpaired) electrons. The minimum atomic E-state index is 0.348. The summed E-state index contributed by atoms with van der Waals surface area (Å²) in [7, 11) is 0. The first-order valence-corrected chi connectivity index (χ1v) is 4.69. The van der Waals surface area contributed by atoms with Crippen LogP contribution in [0, 0.1) is 6.92 Å². The van der Waals surface area contributed by atoms with E-state index < -0.39 is 0 Å². The molecule has 2 N–H and O–H groups in total. The van der Waals surface area contributed by atoms with Gasteiger partial charge in [0.1, 0.15) is 5.01 Å². The molecule has 0 spiro atoms. The summed E-state index contributed by atoms with van der Waals surface area (Å²) in [6, 6.07) is 8.14. The lowest BCUT2D eigenvalue weighted by Crippen LogP contribution is -1.85. The highest BCUT2D eigenvalue weighted by Gasteiger charge is 2.02. The van der Waals surface area contributed by atoms with Crippen LogP contribution in [0.15, 0.2) is 24.3 Å². The number of hydrogen-bond acceptors (Lipinski definition) is 4. The van der Waals surface area contributed by atoms with E-state index >= 15 is 0 Å². The van der Waals surface area contributed by atoms with Crippen LogP contribution in [0.1, 0.15) is 5.56 Å². The van der Waals surface area contributed by atoms with E-state index in [9.17, 15) is 0 Å². The summed E-state index contributed by atoms with van der Waals surface area (Å²) in [6.07, 6.45) is 0. The Balaban J connectivity index is 2.41. The lowest BCUT2D eigenvalue weighted by Gasteiger charge is -1.94. The Kier molecular flexibility index (Phi) is 1.98. The summed E-state index contributed by atoms with van der Waals surface area (Å²) in [4.78, 5) is 4.10. The third-order valence-corrected chi connectivity index (χ3v) is 2.52. The summed E-state index contributed by atoms with van der Waals surface area (Å²) in [5, 5.41) is 0.873. The van der Waals surface area contributed by atoms with Gasteiger partial charge in [0.05, 0.1) is 0 Å². The number of rotatable bonds is 1. The molecular weight excluding hydrogens is 182 g/mol. The number of nitrogen functional groups attached to an aromatic ring is 1. The maximum absolute atomic E-state index is 5.43. The molecule has 0 unspecified atom stereocenters. The van der Waals surface area contributed by atoms with E-state index in [0.29, 0.717) is 5.95 Å². The minimum Gasteiger partial charge on any atom is -0.367 e. The van der Waals surface area contributed by atoms with Crippen LogP contribution in [0.2, 0.25) is 0 Å². The van der Waals surface area contributed by atoms with Gasteiger partial charge in [-0.05, 0) is 18.5 Å². The fourth-order valence-electron chi connectivity index (χ4n) is 1.05. The maximum atomic E-state index is 5.43. The molecular formula is C9H9N3S. The van der Waals surface area contributed by atoms with E-state index in [1.54, 1.807) is 0 Å². The average Bonchev–Trinajstić information content (AvgIpc) is 2.53. The molecule has 2 rings (SSSR count). The largest absolute Gasteiger partial charge is 0.367 e. The summed E-state index contributed by atoms with van der Waals surface area (Å²) < 4.78 is 3.92. The second-order valence-corrected chi connectivity index (χ2v) is 3.58. The van der Waals surface area contributed by atoms with Crippen LogP contribution >= 0.6 is 11.5 Å². The van der Waals surface area contributed by atoms with Crippen LogP contribution in [-0.4, -0.2) is 9.36 Å². The normalized spacial score (nSPS) is 10.2. The zero-order valence-electron chi connectivity index (χ0n) is 7.19. The highest BCUT2D eigenvalue weighted by molar-refractivity contribution is 7.09. The quantitative estimate of drug-likeness (QED) is 0.751. The smallest absolute Gasteiger partial charge is 0.232 e. The predicted octanol–water partition coefficient (Wildman–Crippen LogP) is 2.10. The molecule has 4 heteroatoms. The predicted molar refractivity (Wildman–Crippen MR) is 54.5 cm³/mol. The molecule has 0 fully saturated rings. The standard InChI is InChI=1S/C9H9N3S/c1-6-2-4-7(5-3-6)8-11-9(10)12-13-8/h2-5H,1H3,(H2,10,12). The minimum absolute atomic E-state index is 0.348. The Morgan fingerprint density at radius 1 is 1.23 bits per heavy atom. The number of hydrogen-bond donors (Lipinski definition) is 1. The van der Waals surface area contributed by atoms with Crippen LogP contribution < -0.4 is 5.73 Å². The van der Waals surface area contributed by atoms with Crippen LogP contribution in [-0.2, 0) is 0 Å². The topological polar surface area (TPSA) is 51.8 Å². The van der Waals surface area contributed by atoms with Crippen molar-refractivity contribution in [2.75, 3.05) is 5.73 Å². The summed E-state index contributed by atoms with van der Waals surface area (Å²) in [5.74, 6) is 0.348. The highest BCUT2D eigenvalue weighted by atomic mass is 32.1. The van der Waals surface area contributed by atoms with E-state index in [4.69, 9.17) is 5.73 Å². The van der Waals surface area contributed by atoms with E-state index in [1.165, 1.54) is 17.1 Å². The number of anilines is 1. The van der Waals surface area contributed by atoms with Gasteiger partial charge in [0.2, 0.25) is 5.95 Å². The highest BCUT2D eigenvalue weighted by Crippen LogP contribution is 2.21. The van der Waals surface area contributed by atoms with Crippen LogP contribution in [0.5, 0.6) is 0 Å². The van der Waals surface area contributed by atoms with E-state index in [0.717, 1.165) is 10.6 Å². The number of aromatic nitrogens is 2. The van der Waals surface area contributed by atoms with Gasteiger partial charge in [-0.25, -0.2) is 0 Å². The van der Waals surface area contributed by atoms with E-state index in [1.807, 2.05) is 24.3 Å². The van der Waals surface area contributed by atoms with Crippen molar-refractivity contribution < 1.29 is 0 Å². The van der Waals surface area contributed by atoms with Crippen LogP contribution in [0.25, 0.3) is 10.6 Å². The molecule has 0 atom stereocenters. The molecule has 0 amide bonds. The molecule has 0 aliphatic rings. The van der Waals surface area contributed by atoms with E-state index in [2.05, 4.69) is 16.3 Å². The van der Waals surface area contributed by atoms with Crippen molar-refractivity contribution in [1.82, 2.24) is 9.36 Å². The second kappa shape index (κ2) is 3.14. The van der Waals surface area contributed by atoms with Crippen LogP contribution in [0.3, 0.4) is 0 Å². The van der Waals surface area contributed by atoms with Gasteiger partial charge in [-0.1, -0.05) is 29.8 Å². The van der Waals surface area contributed by atoms with Crippen molar-refractivity contribution in [2.45, 2.75) is 6.92 Å². The lowest BCUT2D eigenvalue weighted by molar-refractivity contribution is 1.34. The first-order chi connectivity index (χ1) is 6.25. The Hall–Kier alpha value is -1.42. The van der Waals surface area contributed by atoms with Crippen molar-refractivity contribution >= 4 is 17.5 Å². The van der Waals surface area contributed by atoms with Crippen LogP contribution in [0.4, 0.5) is 5.95 Å². The van der Waals surface area contributed by atoms with Gasteiger partial charge in [0.15, 0.2) is 0 Å². The summed E-state index contributed by atoms with van der Waals surface area (Å²) in [6.45, 7) is 2.05. The zero-order valence-corrected chi connectivity index (χ0v) is 8.01. The molecule has 3 nitrogen and oxygen atoms in total. The van der Waals surface area contributed by atoms with Crippen molar-refractivity contribution in [3.05, 3.63) is 29.8 Å². The number of nitrogens with two attached hydrogens (primary N) is 1. The van der Waals surface area contributed by atoms with Crippen molar-refractivity contribution in [1.29, 1.82) is 0 Å². The molecule has 0 aliphatic carbocycles. The third kappa shape index (κ3) is 1.67. The zero-order chi connectivity index (χ0) is 9.26. The molecule has 1 heterocycles. The second-order valence-electron chi connectivity index (χ2n) is 2.82. The molecule has 66 valence electrons. The number of nitrogens with zero attached hydrogens (tertiary/aromatic N) is 2. The van der Waals surface area contributed by atoms with E-state index in [-0.39, 0.29) is 0 Å². The van der Waals surface area contributed by atoms with Crippen molar-refractivity contribution in [2.24, 2.45) is 0 Å². The monoisotopic (exact) mass is 191 g/mol. The molecule has 0 saturated carbocycles. The van der Waals surface area contributed by atoms with Gasteiger partial charge in [-0.2, -0.15) is 9.36 Å². The van der Waals surface area contributed by atoms with Gasteiger partial charge in [0, 0.05) is 5.56 Å². The summed E-state index contributed by atoms with van der Waals surface area (Å²) >= 11 is 1.32. The van der Waals surface area contributed by atoms with Gasteiger partial charge >= 0.3 is 0 Å². The molecule has 0 aliphatic heterocycles. The Morgan fingerprint density at radius 2 is 1.92 bits per heavy atom. The van der Waals surface area contributed by atoms with Crippen molar-refractivity contribution in [3.63, 3.8) is 0 Å². The molecule has 1 aromatic heterocycles. The fraction of sp³-hybridized carbons (Fsp3) is 0.111. The van der Waals surface area contributed by atoms with Gasteiger partial charge in [-0.15, -0.1) is 0 Å². The molecule has 0 saturated heterocycles. The number of benzene rings is 1.